The number of aromatic nitrogens is 2. The van der Waals surface area contributed by atoms with Gasteiger partial charge in [-0.25, -0.2) is 9.97 Å². The number of rotatable bonds is 2. The van der Waals surface area contributed by atoms with Crippen molar-refractivity contribution in [2.45, 2.75) is 33.1 Å². The van der Waals surface area contributed by atoms with Crippen LogP contribution in [0.3, 0.4) is 0 Å². The predicted molar refractivity (Wildman–Crippen MR) is 77.5 cm³/mol. The first-order valence-electron chi connectivity index (χ1n) is 6.40. The smallest absolute Gasteiger partial charge is 0.128 e. The van der Waals surface area contributed by atoms with Crippen LogP contribution < -0.4 is 4.74 Å². The van der Waals surface area contributed by atoms with Crippen molar-refractivity contribution in [3.05, 3.63) is 41.9 Å². The van der Waals surface area contributed by atoms with E-state index in [0.717, 1.165) is 22.8 Å². The normalized spacial score (nSPS) is 11.4. The first-order valence-corrected chi connectivity index (χ1v) is 6.40. The van der Waals surface area contributed by atoms with Gasteiger partial charge in [0.1, 0.15) is 11.6 Å². The van der Waals surface area contributed by atoms with Crippen molar-refractivity contribution in [1.82, 2.24) is 9.97 Å². The summed E-state index contributed by atoms with van der Waals surface area (Å²) < 4.78 is 5.45. The molecule has 1 aromatic carbocycles. The molecule has 3 nitrogen and oxygen atoms in total. The fourth-order valence-electron chi connectivity index (χ4n) is 1.98. The highest BCUT2D eigenvalue weighted by Gasteiger charge is 2.17. The summed E-state index contributed by atoms with van der Waals surface area (Å²) in [5.41, 5.74) is 3.28. The number of methoxy groups -OCH3 is 1. The molecule has 0 aliphatic rings. The van der Waals surface area contributed by atoms with Crippen LogP contribution in [0.15, 0.2) is 30.5 Å². The van der Waals surface area contributed by atoms with E-state index in [0.29, 0.717) is 0 Å². The molecule has 0 bridgehead atoms. The van der Waals surface area contributed by atoms with Gasteiger partial charge in [0.2, 0.25) is 0 Å². The first-order chi connectivity index (χ1) is 8.91. The third kappa shape index (κ3) is 2.92. The largest absolute Gasteiger partial charge is 0.496 e. The Kier molecular flexibility index (Phi) is 3.56. The van der Waals surface area contributed by atoms with Gasteiger partial charge in [0.15, 0.2) is 0 Å². The Morgan fingerprint density at radius 2 is 1.84 bits per heavy atom. The molecule has 0 saturated carbocycles. The van der Waals surface area contributed by atoms with Gasteiger partial charge < -0.3 is 4.74 Å². The van der Waals surface area contributed by atoms with Crippen LogP contribution in [0.4, 0.5) is 0 Å². The highest BCUT2D eigenvalue weighted by atomic mass is 16.5. The molecule has 0 unspecified atom stereocenters. The molecule has 2 aromatic rings. The van der Waals surface area contributed by atoms with E-state index in [-0.39, 0.29) is 5.41 Å². The highest BCUT2D eigenvalue weighted by Crippen LogP contribution is 2.33. The lowest BCUT2D eigenvalue weighted by molar-refractivity contribution is 0.415. The Morgan fingerprint density at radius 1 is 1.11 bits per heavy atom. The number of aryl methyl sites for hydroxylation is 1. The topological polar surface area (TPSA) is 35.0 Å². The third-order valence-corrected chi connectivity index (χ3v) is 3.12. The minimum Gasteiger partial charge on any atom is -0.496 e. The van der Waals surface area contributed by atoms with E-state index >= 15 is 0 Å². The Bertz CT molecular complexity index is 586. The maximum absolute atomic E-state index is 5.45. The van der Waals surface area contributed by atoms with Crippen LogP contribution in [0.5, 0.6) is 5.75 Å². The van der Waals surface area contributed by atoms with Gasteiger partial charge in [-0.15, -0.1) is 0 Å². The number of hydrogen-bond acceptors (Lipinski definition) is 3. The van der Waals surface area contributed by atoms with Crippen LogP contribution in [-0.4, -0.2) is 17.1 Å². The molecule has 0 fully saturated rings. The Labute approximate surface area is 114 Å². The van der Waals surface area contributed by atoms with E-state index in [2.05, 4.69) is 42.9 Å². The Hall–Kier alpha value is -1.90. The summed E-state index contributed by atoms with van der Waals surface area (Å²) in [5.74, 6) is 1.60. The van der Waals surface area contributed by atoms with Gasteiger partial charge in [0.25, 0.3) is 0 Å². The molecule has 0 atom stereocenters. The van der Waals surface area contributed by atoms with Crippen LogP contribution in [0, 0.1) is 6.92 Å². The molecule has 0 aliphatic heterocycles. The lowest BCUT2D eigenvalue weighted by Crippen LogP contribution is -2.11. The number of ether oxygens (including phenoxy) is 1. The van der Waals surface area contributed by atoms with Gasteiger partial charge in [0.05, 0.1) is 12.8 Å². The third-order valence-electron chi connectivity index (χ3n) is 3.12. The van der Waals surface area contributed by atoms with E-state index in [1.807, 2.05) is 19.1 Å². The van der Waals surface area contributed by atoms with Gasteiger partial charge in [0, 0.05) is 11.8 Å². The molecule has 0 N–H and O–H groups in total. The quantitative estimate of drug-likeness (QED) is 0.820. The summed E-state index contributed by atoms with van der Waals surface area (Å²) in [6.45, 7) is 8.49. The predicted octanol–water partition coefficient (Wildman–Crippen LogP) is 3.76. The summed E-state index contributed by atoms with van der Waals surface area (Å²) in [7, 11) is 1.68. The summed E-state index contributed by atoms with van der Waals surface area (Å²) >= 11 is 0. The van der Waals surface area contributed by atoms with Crippen molar-refractivity contribution < 1.29 is 4.74 Å². The zero-order chi connectivity index (χ0) is 14.0. The van der Waals surface area contributed by atoms with Crippen LogP contribution in [0.2, 0.25) is 0 Å². The van der Waals surface area contributed by atoms with Crippen molar-refractivity contribution in [1.29, 1.82) is 0 Å². The van der Waals surface area contributed by atoms with E-state index in [4.69, 9.17) is 4.74 Å². The molecule has 0 radical (unpaired) electrons. The molecule has 1 heterocycles. The molecular weight excluding hydrogens is 236 g/mol. The molecule has 0 amide bonds. The molecule has 100 valence electrons. The lowest BCUT2D eigenvalue weighted by Gasteiger charge is -2.21. The van der Waals surface area contributed by atoms with Crippen LogP contribution in [0.25, 0.3) is 11.3 Å². The second-order valence-corrected chi connectivity index (χ2v) is 5.65. The number of nitrogens with zero attached hydrogens (tertiary/aromatic N) is 2. The highest BCUT2D eigenvalue weighted by molar-refractivity contribution is 5.68. The van der Waals surface area contributed by atoms with Gasteiger partial charge in [-0.3, -0.25) is 0 Å². The fourth-order valence-corrected chi connectivity index (χ4v) is 1.98. The second kappa shape index (κ2) is 5.00. The maximum atomic E-state index is 5.45. The molecule has 2 rings (SSSR count). The van der Waals surface area contributed by atoms with E-state index in [9.17, 15) is 0 Å². The zero-order valence-corrected chi connectivity index (χ0v) is 12.2. The van der Waals surface area contributed by atoms with Gasteiger partial charge in [-0.05, 0) is 36.1 Å². The summed E-state index contributed by atoms with van der Waals surface area (Å²) in [4.78, 5) is 8.62. The van der Waals surface area contributed by atoms with Crippen LogP contribution in [0.1, 0.15) is 32.2 Å². The SMILES string of the molecule is COc1ccc(C(C)(C)C)cc1-c1ccnc(C)n1. The van der Waals surface area contributed by atoms with Crippen LogP contribution in [-0.2, 0) is 5.41 Å². The second-order valence-electron chi connectivity index (χ2n) is 5.65. The lowest BCUT2D eigenvalue weighted by atomic mass is 9.85. The van der Waals surface area contributed by atoms with Crippen molar-refractivity contribution >= 4 is 0 Å². The summed E-state index contributed by atoms with van der Waals surface area (Å²) in [5, 5.41) is 0. The summed E-state index contributed by atoms with van der Waals surface area (Å²) in [6, 6.07) is 8.18. The minimum atomic E-state index is 0.100. The van der Waals surface area contributed by atoms with Gasteiger partial charge >= 0.3 is 0 Å². The fraction of sp³-hybridized carbons (Fsp3) is 0.375. The Morgan fingerprint density at radius 3 is 2.42 bits per heavy atom. The van der Waals surface area contributed by atoms with Crippen molar-refractivity contribution in [2.75, 3.05) is 7.11 Å². The van der Waals surface area contributed by atoms with E-state index in [1.54, 1.807) is 13.3 Å². The molecule has 0 spiro atoms. The zero-order valence-electron chi connectivity index (χ0n) is 12.2. The first kappa shape index (κ1) is 13.5. The molecule has 0 saturated heterocycles. The number of benzene rings is 1. The van der Waals surface area contributed by atoms with Crippen molar-refractivity contribution in [2.24, 2.45) is 0 Å². The average Bonchev–Trinajstić information content (AvgIpc) is 2.37. The van der Waals surface area contributed by atoms with Gasteiger partial charge in [-0.2, -0.15) is 0 Å². The average molecular weight is 256 g/mol. The maximum Gasteiger partial charge on any atom is 0.128 e. The molecule has 1 aromatic heterocycles. The number of hydrogen-bond donors (Lipinski definition) is 0. The standard InChI is InChI=1S/C16H20N2O/c1-11-17-9-8-14(18-11)13-10-12(16(2,3)4)6-7-15(13)19-5/h6-10H,1-5H3. The molecular formula is C16H20N2O. The van der Waals surface area contributed by atoms with E-state index < -0.39 is 0 Å². The van der Waals surface area contributed by atoms with E-state index in [1.165, 1.54) is 5.56 Å². The van der Waals surface area contributed by atoms with Crippen LogP contribution >= 0.6 is 0 Å². The van der Waals surface area contributed by atoms with Crippen molar-refractivity contribution in [3.8, 4) is 17.0 Å². The minimum absolute atomic E-state index is 0.100. The monoisotopic (exact) mass is 256 g/mol. The summed E-state index contributed by atoms with van der Waals surface area (Å²) in [6.07, 6.45) is 1.78. The molecule has 3 heteroatoms. The van der Waals surface area contributed by atoms with Gasteiger partial charge in [-0.1, -0.05) is 26.8 Å². The molecule has 19 heavy (non-hydrogen) atoms. The Balaban J connectivity index is 2.60. The van der Waals surface area contributed by atoms with Crippen molar-refractivity contribution in [3.63, 3.8) is 0 Å². The molecule has 0 aliphatic carbocycles.